The Morgan fingerprint density at radius 3 is 0.952 bits per heavy atom. The molecule has 0 bridgehead atoms. The molecule has 0 aliphatic heterocycles. The number of nitrogens with zero attached hydrogens (tertiary/aromatic N) is 16. The second kappa shape index (κ2) is 50.8. The number of carbonyl (C=O) groups is 4. The van der Waals surface area contributed by atoms with Crippen molar-refractivity contribution in [2.24, 2.45) is 0 Å². The summed E-state index contributed by atoms with van der Waals surface area (Å²) in [5.41, 5.74) is 14.1. The number of alkyl halides is 5. The van der Waals surface area contributed by atoms with Gasteiger partial charge in [-0.3, -0.25) is 19.2 Å². The molecular formula is C112H119BrCl3F5N16O9. The largest absolute Gasteiger partial charge is 0.507 e. The van der Waals surface area contributed by atoms with Crippen LogP contribution in [0.1, 0.15) is 160 Å². The molecule has 0 spiro atoms. The van der Waals surface area contributed by atoms with Crippen LogP contribution in [0.4, 0.5) is 22.0 Å². The van der Waals surface area contributed by atoms with Crippen LogP contribution in [0.3, 0.4) is 0 Å². The van der Waals surface area contributed by atoms with E-state index in [1.165, 1.54) is 6.07 Å². The van der Waals surface area contributed by atoms with Gasteiger partial charge in [-0.15, -0.1) is 0 Å². The van der Waals surface area contributed by atoms with E-state index in [0.717, 1.165) is 107 Å². The summed E-state index contributed by atoms with van der Waals surface area (Å²) < 4.78 is 101. The smallest absolute Gasteiger partial charge is 0.433 e. The summed E-state index contributed by atoms with van der Waals surface area (Å²) in [5, 5.41) is 31.2. The molecular weight excluding hydrogens is 1990 g/mol. The monoisotopic (exact) mass is 2110 g/mol. The molecule has 0 saturated heterocycles. The van der Waals surface area contributed by atoms with Crippen LogP contribution in [-0.4, -0.2) is 186 Å². The minimum atomic E-state index is -4.72. The van der Waals surface area contributed by atoms with E-state index in [0.29, 0.717) is 178 Å². The summed E-state index contributed by atoms with van der Waals surface area (Å²) in [7, 11) is 0. The van der Waals surface area contributed by atoms with Gasteiger partial charge in [0.15, 0.2) is 28.3 Å². The summed E-state index contributed by atoms with van der Waals surface area (Å²) in [5.74, 6) is 2.82. The number of aromatic hydroxyl groups is 1. The van der Waals surface area contributed by atoms with E-state index in [9.17, 15) is 46.2 Å². The lowest BCUT2D eigenvalue weighted by molar-refractivity contribution is -0.142. The van der Waals surface area contributed by atoms with Gasteiger partial charge >= 0.3 is 6.18 Å². The first kappa shape index (κ1) is 109. The number of halogens is 9. The molecule has 0 fully saturated rings. The molecule has 25 nitrogen and oxygen atoms in total. The molecule has 16 rings (SSSR count). The molecule has 0 atom stereocenters. The molecule has 8 aromatic heterocycles. The molecule has 146 heavy (non-hydrogen) atoms. The maximum Gasteiger partial charge on any atom is 0.433 e. The number of rotatable bonds is 37. The van der Waals surface area contributed by atoms with Gasteiger partial charge in [-0.05, 0) is 271 Å². The third-order valence-electron chi connectivity index (χ3n) is 24.4. The molecule has 0 unspecified atom stereocenters. The quantitative estimate of drug-likeness (QED) is 0.0355. The second-order valence-corrected chi connectivity index (χ2v) is 36.6. The summed E-state index contributed by atoms with van der Waals surface area (Å²) in [6, 6.07) is 62.2. The number of carbonyl (C=O) groups excluding carboxylic acids is 4. The summed E-state index contributed by atoms with van der Waals surface area (Å²) >= 11 is 21.6. The molecule has 16 aromatic rings. The number of ether oxygens (including phenoxy) is 4. The van der Waals surface area contributed by atoms with Crippen molar-refractivity contribution in [3.05, 3.63) is 277 Å². The summed E-state index contributed by atoms with van der Waals surface area (Å²) in [6.45, 7) is 34.6. The van der Waals surface area contributed by atoms with Gasteiger partial charge in [-0.25, -0.2) is 46.8 Å². The van der Waals surface area contributed by atoms with E-state index in [1.54, 1.807) is 99.2 Å². The molecule has 0 aliphatic carbocycles. The number of hydrogen-bond acceptors (Lipinski definition) is 17. The first-order valence-corrected chi connectivity index (χ1v) is 51.0. The molecule has 8 aromatic carbocycles. The minimum Gasteiger partial charge on any atom is -0.507 e. The third kappa shape index (κ3) is 26.3. The van der Waals surface area contributed by atoms with Gasteiger partial charge in [0.05, 0.1) is 97.7 Å². The van der Waals surface area contributed by atoms with Crippen molar-refractivity contribution >= 4 is 97.0 Å². The van der Waals surface area contributed by atoms with E-state index in [-0.39, 0.29) is 83.4 Å². The Morgan fingerprint density at radius 1 is 0.356 bits per heavy atom. The number of amides is 4. The fourth-order valence-corrected chi connectivity index (χ4v) is 17.5. The SMILES string of the molecule is CCCOc1ccc(-c2nn3c(-c4cc(Br)ccc4O)cc(C)nc3c2CC(=O)N(CC)CC)cc1.CCCOc1ccc(-c2nn3c(-c4ccc(Cl)cc4)cc(C)nc3c2CC(=O)N(CC)CC)cc1.CCCOc1ccc(-c2nn3c(C(F)(F)F)cc(-c4ccc(Cl)cc4)nc3c2CC(=O)N(CC)CC)cc1.CCCOc1ccc(-c2nn3c(C(F)F)cc(-c4ccc(Cl)cc4)nc3c2CC(=O)N(CC)CC)cc1. The van der Waals surface area contributed by atoms with Crippen LogP contribution in [0.2, 0.25) is 15.1 Å². The van der Waals surface area contributed by atoms with Gasteiger partial charge in [0.25, 0.3) is 6.43 Å². The lowest BCUT2D eigenvalue weighted by Gasteiger charge is -2.18. The number of fused-ring (bicyclic) bond motifs is 4. The van der Waals surface area contributed by atoms with Gasteiger partial charge in [-0.2, -0.15) is 33.6 Å². The zero-order valence-corrected chi connectivity index (χ0v) is 88.1. The fourth-order valence-electron chi connectivity index (χ4n) is 16.8. The van der Waals surface area contributed by atoms with Crippen molar-refractivity contribution in [3.8, 4) is 119 Å². The molecule has 0 saturated carbocycles. The summed E-state index contributed by atoms with van der Waals surface area (Å²) in [6.07, 6.45) is -3.69. The van der Waals surface area contributed by atoms with Crippen LogP contribution >= 0.6 is 50.7 Å². The number of aryl methyl sites for hydroxylation is 2. The van der Waals surface area contributed by atoms with Crippen LogP contribution in [0.25, 0.3) is 113 Å². The Morgan fingerprint density at radius 2 is 0.637 bits per heavy atom. The van der Waals surface area contributed by atoms with Crippen molar-refractivity contribution < 1.29 is 65.2 Å². The minimum absolute atomic E-state index is 0.0195. The fraction of sp³-hybridized carbons (Fsp3) is 0.321. The van der Waals surface area contributed by atoms with Gasteiger partial charge < -0.3 is 43.7 Å². The van der Waals surface area contributed by atoms with E-state index in [4.69, 9.17) is 78.9 Å². The third-order valence-corrected chi connectivity index (χ3v) is 25.6. The molecule has 0 aliphatic rings. The van der Waals surface area contributed by atoms with Crippen LogP contribution in [-0.2, 0) is 51.0 Å². The number of benzene rings is 8. The Bertz CT molecular complexity index is 7180. The average molecular weight is 2110 g/mol. The van der Waals surface area contributed by atoms with E-state index < -0.39 is 18.3 Å². The topological polar surface area (TPSA) is 259 Å². The first-order valence-electron chi connectivity index (χ1n) is 49.1. The number of phenolic OH excluding ortho intramolecular Hbond substituents is 1. The zero-order valence-electron chi connectivity index (χ0n) is 84.2. The van der Waals surface area contributed by atoms with Gasteiger partial charge in [0, 0.05) is 150 Å². The highest BCUT2D eigenvalue weighted by molar-refractivity contribution is 9.10. The summed E-state index contributed by atoms with van der Waals surface area (Å²) in [4.78, 5) is 78.6. The lowest BCUT2D eigenvalue weighted by atomic mass is 10.0. The molecule has 8 heterocycles. The molecule has 0 radical (unpaired) electrons. The van der Waals surface area contributed by atoms with E-state index in [2.05, 4.69) is 45.0 Å². The first-order chi connectivity index (χ1) is 70.3. The maximum absolute atomic E-state index is 14.3. The van der Waals surface area contributed by atoms with Crippen molar-refractivity contribution in [3.63, 3.8) is 0 Å². The molecule has 4 amide bonds. The number of hydrogen-bond donors (Lipinski definition) is 1. The van der Waals surface area contributed by atoms with Crippen LogP contribution in [0, 0.1) is 13.8 Å². The van der Waals surface area contributed by atoms with Crippen molar-refractivity contribution in [1.82, 2.24) is 78.0 Å². The van der Waals surface area contributed by atoms with Crippen molar-refractivity contribution in [2.75, 3.05) is 78.8 Å². The van der Waals surface area contributed by atoms with E-state index in [1.807, 2.05) is 213 Å². The predicted octanol–water partition coefficient (Wildman–Crippen LogP) is 26.1. The van der Waals surface area contributed by atoms with Crippen molar-refractivity contribution in [2.45, 2.75) is 161 Å². The van der Waals surface area contributed by atoms with Crippen LogP contribution in [0.5, 0.6) is 28.7 Å². The predicted molar refractivity (Wildman–Crippen MR) is 569 cm³/mol. The number of likely N-dealkylation sites (N-methyl/N-ethyl adjacent to an activating group) is 4. The van der Waals surface area contributed by atoms with Gasteiger partial charge in [0.1, 0.15) is 34.4 Å². The van der Waals surface area contributed by atoms with Crippen molar-refractivity contribution in [1.29, 1.82) is 0 Å². The van der Waals surface area contributed by atoms with Crippen LogP contribution in [0.15, 0.2) is 217 Å². The van der Waals surface area contributed by atoms with Gasteiger partial charge in [-0.1, -0.05) is 115 Å². The normalized spacial score (nSPS) is 11.3. The Balaban J connectivity index is 0.000000163. The molecule has 1 N–H and O–H groups in total. The van der Waals surface area contributed by atoms with Crippen LogP contribution < -0.4 is 18.9 Å². The Hall–Kier alpha value is -13.9. The van der Waals surface area contributed by atoms with Gasteiger partial charge in [0.2, 0.25) is 23.6 Å². The number of aromatic nitrogens is 12. The highest BCUT2D eigenvalue weighted by Gasteiger charge is 2.38. The maximum atomic E-state index is 14.3. The number of phenols is 1. The highest BCUT2D eigenvalue weighted by atomic mass is 79.9. The Kier molecular flexibility index (Phi) is 38.0. The molecule has 764 valence electrons. The highest BCUT2D eigenvalue weighted by Crippen LogP contribution is 2.42. The van der Waals surface area contributed by atoms with E-state index >= 15 is 0 Å². The second-order valence-electron chi connectivity index (χ2n) is 34.4. The Labute approximate surface area is 869 Å². The molecule has 34 heteroatoms. The standard InChI is InChI=1S/C28H31BrN4O3.C28H28ClF3N4O2.C28H29ClF2N4O2.C28H31ClN4O2/c1-5-14-36-21-11-8-19(9-12-21)27-23(17-26(35)32(6-2)7-3)28-30-18(4)15-24(33(28)31-27)22-16-20(29)10-13-25(22)34;1-4-15-38-21-13-9-19(10-14-21)26-22(16-25(37)35(5-2)6-3)27-33-23(18-7-11-20(29)12-8-18)17-24(28(30,31)32)36(27)34-26;1-4-15-37-21-13-9-19(10-14-21)26-22(16-25(36)34(5-2)6-3)28-32-23(18-7-11-20(29)12-8-18)17-24(27(30)31)35(28)33-26;1-5-16-35-23-14-10-21(11-15-23)27-24(18-26(34)32(6-2)7-3)28-30-19(4)17-25(33(28)31-27)20-8-12-22(29)13-9-20/h8-13,15-16,34H,5-7,14,17H2,1-4H3;7-14,17H,4-6,15-16H2,1-3H3;7-14,17,27H,4-6,15-16H2,1-3H3;8-15,17H,5-7,16,18H2,1-4H3. The lowest BCUT2D eigenvalue weighted by Crippen LogP contribution is -2.31. The zero-order chi connectivity index (χ0) is 105. The average Bonchev–Trinajstić information content (AvgIpc) is 1.58.